The smallest absolute Gasteiger partial charge is 0.256 e. The van der Waals surface area contributed by atoms with Crippen molar-refractivity contribution in [3.05, 3.63) is 34.9 Å². The lowest BCUT2D eigenvalue weighted by Gasteiger charge is -2.05. The zero-order valence-electron chi connectivity index (χ0n) is 7.38. The molecule has 0 saturated carbocycles. The summed E-state index contributed by atoms with van der Waals surface area (Å²) in [6.45, 7) is 1.05. The fourth-order valence-corrected chi connectivity index (χ4v) is 1.32. The molecule has 14 heavy (non-hydrogen) atoms. The van der Waals surface area contributed by atoms with E-state index in [4.69, 9.17) is 23.2 Å². The van der Waals surface area contributed by atoms with Crippen LogP contribution < -0.4 is 5.32 Å². The zero-order valence-corrected chi connectivity index (χ0v) is 8.89. The molecule has 1 amide bonds. The molecule has 1 radical (unpaired) electrons. The van der Waals surface area contributed by atoms with Crippen molar-refractivity contribution < 1.29 is 9.53 Å². The third kappa shape index (κ3) is 3.18. The van der Waals surface area contributed by atoms with Gasteiger partial charge < -0.3 is 10.1 Å². The van der Waals surface area contributed by atoms with Crippen LogP contribution in [-0.4, -0.2) is 13.0 Å². The Morgan fingerprint density at radius 2 is 2.21 bits per heavy atom. The van der Waals surface area contributed by atoms with Crippen molar-refractivity contribution in [2.45, 2.75) is 0 Å². The highest BCUT2D eigenvalue weighted by molar-refractivity contribution is 6.36. The number of rotatable bonds is 3. The lowest BCUT2D eigenvalue weighted by atomic mass is 10.3. The Labute approximate surface area is 92.0 Å². The summed E-state index contributed by atoms with van der Waals surface area (Å²) >= 11 is 11.5. The fraction of sp³-hybridized carbons (Fsp3) is 0.111. The molecule has 1 rings (SSSR count). The molecule has 0 aliphatic rings. The Balaban J connectivity index is 2.72. The lowest BCUT2D eigenvalue weighted by Crippen LogP contribution is -2.12. The second kappa shape index (κ2) is 5.20. The van der Waals surface area contributed by atoms with Crippen LogP contribution in [-0.2, 0) is 9.53 Å². The van der Waals surface area contributed by atoms with Gasteiger partial charge in [-0.15, -0.1) is 0 Å². The van der Waals surface area contributed by atoms with E-state index in [2.05, 4.69) is 10.1 Å². The highest BCUT2D eigenvalue weighted by atomic mass is 35.5. The van der Waals surface area contributed by atoms with Crippen LogP contribution in [0.15, 0.2) is 18.2 Å². The van der Waals surface area contributed by atoms with Crippen molar-refractivity contribution in [3.8, 4) is 0 Å². The molecule has 0 aliphatic carbocycles. The number of carbonyl (C=O) groups excluding carboxylic acids is 1. The van der Waals surface area contributed by atoms with E-state index >= 15 is 0 Å². The summed E-state index contributed by atoms with van der Waals surface area (Å²) in [6.07, 6.45) is 0. The normalized spacial score (nSPS) is 9.93. The van der Waals surface area contributed by atoms with Crippen LogP contribution in [0, 0.1) is 6.61 Å². The van der Waals surface area contributed by atoms with Gasteiger partial charge in [0.2, 0.25) is 0 Å². The molecule has 0 aliphatic heterocycles. The minimum absolute atomic E-state index is 0.378. The van der Waals surface area contributed by atoms with Gasteiger partial charge >= 0.3 is 0 Å². The third-order valence-electron chi connectivity index (χ3n) is 1.41. The van der Waals surface area contributed by atoms with Gasteiger partial charge in [-0.1, -0.05) is 23.2 Å². The lowest BCUT2D eigenvalue weighted by molar-refractivity contribution is -0.116. The average molecular weight is 233 g/mol. The van der Waals surface area contributed by atoms with Crippen molar-refractivity contribution in [2.75, 3.05) is 12.4 Å². The molecular formula is C9H8Cl2NO2. The first kappa shape index (κ1) is 11.3. The maximum absolute atomic E-state index is 11.1. The highest BCUT2D eigenvalue weighted by Gasteiger charge is 2.05. The Morgan fingerprint density at radius 1 is 1.50 bits per heavy atom. The first-order valence-corrected chi connectivity index (χ1v) is 4.51. The maximum atomic E-state index is 11.1. The number of methoxy groups -OCH3 is 1. The second-order valence-electron chi connectivity index (χ2n) is 2.47. The summed E-state index contributed by atoms with van der Waals surface area (Å²) < 4.78 is 4.53. The molecule has 0 unspecified atom stereocenters. The molecule has 5 heteroatoms. The van der Waals surface area contributed by atoms with Gasteiger partial charge in [-0.25, -0.2) is 0 Å². The van der Waals surface area contributed by atoms with E-state index in [9.17, 15) is 4.79 Å². The monoisotopic (exact) mass is 232 g/mol. The molecule has 1 N–H and O–H groups in total. The Kier molecular flexibility index (Phi) is 4.20. The minimum atomic E-state index is -0.378. The molecule has 1 aromatic carbocycles. The number of hydrogen-bond acceptors (Lipinski definition) is 2. The van der Waals surface area contributed by atoms with E-state index in [-0.39, 0.29) is 5.91 Å². The van der Waals surface area contributed by atoms with Crippen molar-refractivity contribution >= 4 is 34.8 Å². The third-order valence-corrected chi connectivity index (χ3v) is 1.96. The van der Waals surface area contributed by atoms with E-state index in [1.165, 1.54) is 7.11 Å². The molecule has 3 nitrogen and oxygen atoms in total. The average Bonchev–Trinajstić information content (AvgIpc) is 2.10. The number of halogens is 2. The molecule has 0 atom stereocenters. The number of benzene rings is 1. The van der Waals surface area contributed by atoms with E-state index in [0.717, 1.165) is 6.61 Å². The largest absolute Gasteiger partial charge is 0.368 e. The van der Waals surface area contributed by atoms with Gasteiger partial charge in [0.05, 0.1) is 10.7 Å². The predicted molar refractivity (Wildman–Crippen MR) is 56.4 cm³/mol. The summed E-state index contributed by atoms with van der Waals surface area (Å²) in [7, 11) is 1.39. The van der Waals surface area contributed by atoms with E-state index in [0.29, 0.717) is 15.7 Å². The Bertz CT molecular complexity index is 342. The van der Waals surface area contributed by atoms with Crippen LogP contribution in [0.4, 0.5) is 5.69 Å². The van der Waals surface area contributed by atoms with Crippen molar-refractivity contribution in [3.63, 3.8) is 0 Å². The summed E-state index contributed by atoms with van der Waals surface area (Å²) in [5.41, 5.74) is 0.495. The summed E-state index contributed by atoms with van der Waals surface area (Å²) in [5, 5.41) is 3.43. The van der Waals surface area contributed by atoms with E-state index < -0.39 is 0 Å². The molecule has 0 saturated heterocycles. The molecular weight excluding hydrogens is 225 g/mol. The molecule has 75 valence electrons. The summed E-state index contributed by atoms with van der Waals surface area (Å²) in [5.74, 6) is -0.378. The molecule has 0 aromatic heterocycles. The fourth-order valence-electron chi connectivity index (χ4n) is 0.860. The minimum Gasteiger partial charge on any atom is -0.368 e. The molecule has 1 aromatic rings. The number of anilines is 1. The maximum Gasteiger partial charge on any atom is 0.256 e. The van der Waals surface area contributed by atoms with Gasteiger partial charge in [0.25, 0.3) is 5.91 Å². The molecule has 0 bridgehead atoms. The van der Waals surface area contributed by atoms with Crippen LogP contribution >= 0.6 is 23.2 Å². The van der Waals surface area contributed by atoms with Crippen LogP contribution in [0.3, 0.4) is 0 Å². The summed E-state index contributed by atoms with van der Waals surface area (Å²) in [6, 6.07) is 4.80. The zero-order chi connectivity index (χ0) is 10.6. The van der Waals surface area contributed by atoms with Gasteiger partial charge in [-0.05, 0) is 18.2 Å². The van der Waals surface area contributed by atoms with Gasteiger partial charge in [-0.3, -0.25) is 4.79 Å². The number of carbonyl (C=O) groups is 1. The SMILES string of the molecule is CO[CH]C(=O)Nc1ccc(Cl)cc1Cl. The van der Waals surface area contributed by atoms with E-state index in [1.54, 1.807) is 18.2 Å². The Hall–Kier alpha value is -0.770. The predicted octanol–water partition coefficient (Wildman–Crippen LogP) is 2.74. The van der Waals surface area contributed by atoms with Gasteiger partial charge in [0, 0.05) is 12.1 Å². The van der Waals surface area contributed by atoms with Crippen molar-refractivity contribution in [2.24, 2.45) is 0 Å². The van der Waals surface area contributed by atoms with Gasteiger partial charge in [0.1, 0.15) is 0 Å². The van der Waals surface area contributed by atoms with Crippen LogP contribution in [0.2, 0.25) is 10.0 Å². The first-order valence-electron chi connectivity index (χ1n) is 3.75. The second-order valence-corrected chi connectivity index (χ2v) is 3.31. The van der Waals surface area contributed by atoms with Crippen LogP contribution in [0.1, 0.15) is 0 Å². The number of hydrogen-bond donors (Lipinski definition) is 1. The first-order chi connectivity index (χ1) is 6.63. The topological polar surface area (TPSA) is 38.3 Å². The molecule has 0 fully saturated rings. The van der Waals surface area contributed by atoms with Crippen molar-refractivity contribution in [1.29, 1.82) is 0 Å². The van der Waals surface area contributed by atoms with Crippen LogP contribution in [0.5, 0.6) is 0 Å². The van der Waals surface area contributed by atoms with Crippen molar-refractivity contribution in [1.82, 2.24) is 0 Å². The number of nitrogens with one attached hydrogen (secondary N) is 1. The molecule has 0 spiro atoms. The number of amides is 1. The number of ether oxygens (including phenoxy) is 1. The molecule has 0 heterocycles. The van der Waals surface area contributed by atoms with Gasteiger partial charge in [-0.2, -0.15) is 0 Å². The van der Waals surface area contributed by atoms with E-state index in [1.807, 2.05) is 0 Å². The summed E-state index contributed by atoms with van der Waals surface area (Å²) in [4.78, 5) is 11.1. The van der Waals surface area contributed by atoms with Crippen LogP contribution in [0.25, 0.3) is 0 Å². The standard InChI is InChI=1S/C9H8Cl2NO2/c1-14-5-9(13)12-8-3-2-6(10)4-7(8)11/h2-5H,1H3,(H,12,13). The van der Waals surface area contributed by atoms with Gasteiger partial charge in [0.15, 0.2) is 6.61 Å². The quantitative estimate of drug-likeness (QED) is 0.871. The Morgan fingerprint density at radius 3 is 2.79 bits per heavy atom. The highest BCUT2D eigenvalue weighted by Crippen LogP contribution is 2.25.